The summed E-state index contributed by atoms with van der Waals surface area (Å²) in [6, 6.07) is 0. The van der Waals surface area contributed by atoms with Crippen molar-refractivity contribution < 1.29 is 14.3 Å². The van der Waals surface area contributed by atoms with E-state index in [-0.39, 0.29) is 23.6 Å². The Labute approximate surface area is 150 Å². The van der Waals surface area contributed by atoms with Crippen molar-refractivity contribution in [3.05, 3.63) is 5.69 Å². The van der Waals surface area contributed by atoms with Crippen molar-refractivity contribution in [2.75, 3.05) is 31.6 Å². The lowest BCUT2D eigenvalue weighted by Gasteiger charge is -2.24. The first-order valence-electron chi connectivity index (χ1n) is 7.76. The lowest BCUT2D eigenvalue weighted by molar-refractivity contribution is 0.0288. The van der Waals surface area contributed by atoms with E-state index in [0.29, 0.717) is 24.6 Å². The number of anilines is 1. The third kappa shape index (κ3) is 5.01. The second kappa shape index (κ2) is 7.60. The molecule has 1 aromatic rings. The van der Waals surface area contributed by atoms with Crippen LogP contribution in [0.15, 0.2) is 4.34 Å². The Bertz CT molecular complexity index is 612. The summed E-state index contributed by atoms with van der Waals surface area (Å²) in [5.74, 6) is -0.0545. The van der Waals surface area contributed by atoms with Crippen molar-refractivity contribution in [2.24, 2.45) is 5.92 Å². The molecule has 134 valence electrons. The monoisotopic (exact) mass is 372 g/mol. The number of ether oxygens (including phenoxy) is 1. The molecule has 0 radical (unpaired) electrons. The van der Waals surface area contributed by atoms with Crippen LogP contribution in [-0.4, -0.2) is 53.4 Å². The maximum absolute atomic E-state index is 12.2. The Hall–Kier alpha value is -1.48. The van der Waals surface area contributed by atoms with Crippen molar-refractivity contribution in [1.82, 2.24) is 15.2 Å². The topological polar surface area (TPSA) is 97.5 Å². The number of carbonyl (C=O) groups excluding carboxylic acids is 2. The Balaban J connectivity index is 1.82. The minimum absolute atomic E-state index is 0.210. The van der Waals surface area contributed by atoms with Crippen molar-refractivity contribution >= 4 is 40.1 Å². The van der Waals surface area contributed by atoms with E-state index in [1.807, 2.05) is 27.0 Å². The smallest absolute Gasteiger partial charge is 0.410 e. The zero-order valence-electron chi connectivity index (χ0n) is 14.4. The molecule has 1 saturated heterocycles. The fourth-order valence-corrected chi connectivity index (χ4v) is 3.72. The van der Waals surface area contributed by atoms with Gasteiger partial charge in [0, 0.05) is 19.6 Å². The van der Waals surface area contributed by atoms with E-state index in [1.54, 1.807) is 4.90 Å². The van der Waals surface area contributed by atoms with Gasteiger partial charge in [0.05, 0.1) is 0 Å². The van der Waals surface area contributed by atoms with E-state index < -0.39 is 5.60 Å². The highest BCUT2D eigenvalue weighted by Crippen LogP contribution is 2.27. The summed E-state index contributed by atoms with van der Waals surface area (Å²) >= 11 is 2.77. The molecule has 2 rings (SSSR count). The van der Waals surface area contributed by atoms with Gasteiger partial charge in [0.15, 0.2) is 10.0 Å². The number of rotatable bonds is 4. The van der Waals surface area contributed by atoms with Crippen molar-refractivity contribution in [1.29, 1.82) is 0 Å². The van der Waals surface area contributed by atoms with Crippen molar-refractivity contribution in [3.8, 4) is 0 Å². The highest BCUT2D eigenvalue weighted by Gasteiger charge is 2.30. The first-order valence-corrected chi connectivity index (χ1v) is 9.80. The summed E-state index contributed by atoms with van der Waals surface area (Å²) in [5, 5.41) is 3.29. The summed E-state index contributed by atoms with van der Waals surface area (Å²) in [6.45, 7) is 7.26. The van der Waals surface area contributed by atoms with Gasteiger partial charge in [-0.15, -0.1) is 0 Å². The van der Waals surface area contributed by atoms with E-state index in [2.05, 4.69) is 10.3 Å². The lowest BCUT2D eigenvalue weighted by Crippen LogP contribution is -2.36. The molecule has 0 aromatic carbocycles. The molecule has 1 aliphatic rings. The van der Waals surface area contributed by atoms with Gasteiger partial charge in [-0.2, -0.15) is 0 Å². The molecule has 1 aliphatic heterocycles. The number of aromatic nitrogens is 1. The average molecular weight is 373 g/mol. The molecule has 1 atom stereocenters. The molecule has 7 nitrogen and oxygen atoms in total. The van der Waals surface area contributed by atoms with Gasteiger partial charge in [-0.05, 0) is 39.4 Å². The number of nitrogens with zero attached hydrogens (tertiary/aromatic N) is 2. The zero-order chi connectivity index (χ0) is 17.9. The quantitative estimate of drug-likeness (QED) is 0.788. The molecule has 1 unspecified atom stereocenters. The molecular weight excluding hydrogens is 348 g/mol. The number of nitrogens with two attached hydrogens (primary N) is 1. The number of amides is 2. The standard InChI is InChI=1S/C15H24N4O3S2/c1-15(2,3)22-14(21)19-6-5-9(8-19)7-17-12(20)10-11(16)24-13(18-10)23-4/h9H,5-8,16H2,1-4H3,(H,17,20). The minimum Gasteiger partial charge on any atom is -0.444 e. The van der Waals surface area contributed by atoms with Gasteiger partial charge < -0.3 is 20.7 Å². The van der Waals surface area contributed by atoms with E-state index in [1.165, 1.54) is 23.1 Å². The highest BCUT2D eigenvalue weighted by molar-refractivity contribution is 8.00. The number of carbonyl (C=O) groups is 2. The van der Waals surface area contributed by atoms with Gasteiger partial charge in [-0.1, -0.05) is 23.1 Å². The summed E-state index contributed by atoms with van der Waals surface area (Å²) < 4.78 is 6.14. The number of thiazole rings is 1. The second-order valence-corrected chi connectivity index (χ2v) is 8.77. The first-order chi connectivity index (χ1) is 11.2. The third-order valence-corrected chi connectivity index (χ3v) is 5.38. The zero-order valence-corrected chi connectivity index (χ0v) is 16.1. The molecule has 1 fully saturated rings. The Morgan fingerprint density at radius 3 is 2.79 bits per heavy atom. The largest absolute Gasteiger partial charge is 0.444 e. The van der Waals surface area contributed by atoms with Crippen LogP contribution in [0.4, 0.5) is 9.80 Å². The third-order valence-electron chi connectivity index (χ3n) is 3.51. The predicted molar refractivity (Wildman–Crippen MR) is 96.6 cm³/mol. The molecular formula is C15H24N4O3S2. The van der Waals surface area contributed by atoms with E-state index in [0.717, 1.165) is 10.8 Å². The van der Waals surface area contributed by atoms with Gasteiger partial charge in [0.1, 0.15) is 10.6 Å². The van der Waals surface area contributed by atoms with Crippen molar-refractivity contribution in [2.45, 2.75) is 37.1 Å². The summed E-state index contributed by atoms with van der Waals surface area (Å²) in [4.78, 5) is 30.1. The van der Waals surface area contributed by atoms with Crippen LogP contribution in [-0.2, 0) is 4.74 Å². The lowest BCUT2D eigenvalue weighted by atomic mass is 10.1. The second-order valence-electron chi connectivity index (χ2n) is 6.69. The maximum atomic E-state index is 12.2. The number of thioether (sulfide) groups is 1. The fraction of sp³-hybridized carbons (Fsp3) is 0.667. The SMILES string of the molecule is CSc1nc(C(=O)NCC2CCN(C(=O)OC(C)(C)C)C2)c(N)s1. The van der Waals surface area contributed by atoms with Crippen LogP contribution in [0.3, 0.4) is 0 Å². The minimum atomic E-state index is -0.499. The first kappa shape index (κ1) is 18.9. The average Bonchev–Trinajstić information content (AvgIpc) is 3.09. The van der Waals surface area contributed by atoms with E-state index in [4.69, 9.17) is 10.5 Å². The number of nitrogens with one attached hydrogen (secondary N) is 1. The maximum Gasteiger partial charge on any atom is 0.410 e. The van der Waals surface area contributed by atoms with Gasteiger partial charge in [-0.3, -0.25) is 4.79 Å². The van der Waals surface area contributed by atoms with Crippen LogP contribution in [0.5, 0.6) is 0 Å². The molecule has 1 aromatic heterocycles. The summed E-state index contributed by atoms with van der Waals surface area (Å²) in [7, 11) is 0. The van der Waals surface area contributed by atoms with Gasteiger partial charge in [-0.25, -0.2) is 9.78 Å². The molecule has 0 bridgehead atoms. The molecule has 0 aliphatic carbocycles. The number of likely N-dealkylation sites (tertiary alicyclic amines) is 1. The van der Waals surface area contributed by atoms with Crippen LogP contribution in [0.2, 0.25) is 0 Å². The van der Waals surface area contributed by atoms with Crippen LogP contribution < -0.4 is 11.1 Å². The van der Waals surface area contributed by atoms with Crippen LogP contribution in [0.25, 0.3) is 0 Å². The molecule has 0 saturated carbocycles. The normalized spacial score (nSPS) is 17.8. The van der Waals surface area contributed by atoms with Gasteiger partial charge in [0.2, 0.25) is 0 Å². The number of hydrogen-bond acceptors (Lipinski definition) is 7. The fourth-order valence-electron chi connectivity index (χ4n) is 2.37. The number of nitrogen functional groups attached to an aromatic ring is 1. The molecule has 3 N–H and O–H groups in total. The van der Waals surface area contributed by atoms with Crippen molar-refractivity contribution in [3.63, 3.8) is 0 Å². The molecule has 9 heteroatoms. The van der Waals surface area contributed by atoms with Gasteiger partial charge in [0.25, 0.3) is 5.91 Å². The highest BCUT2D eigenvalue weighted by atomic mass is 32.2. The Morgan fingerprint density at radius 2 is 2.21 bits per heavy atom. The van der Waals surface area contributed by atoms with Gasteiger partial charge >= 0.3 is 6.09 Å². The molecule has 2 heterocycles. The molecule has 24 heavy (non-hydrogen) atoms. The Morgan fingerprint density at radius 1 is 1.50 bits per heavy atom. The summed E-state index contributed by atoms with van der Waals surface area (Å²) in [6.07, 6.45) is 2.43. The Kier molecular flexibility index (Phi) is 5.97. The molecule has 2 amide bonds. The summed E-state index contributed by atoms with van der Waals surface area (Å²) in [5.41, 5.74) is 5.62. The van der Waals surface area contributed by atoms with E-state index >= 15 is 0 Å². The molecule has 0 spiro atoms. The van der Waals surface area contributed by atoms with Crippen LogP contribution in [0, 0.1) is 5.92 Å². The van der Waals surface area contributed by atoms with Crippen LogP contribution in [0.1, 0.15) is 37.7 Å². The number of hydrogen-bond donors (Lipinski definition) is 2. The van der Waals surface area contributed by atoms with E-state index in [9.17, 15) is 9.59 Å². The predicted octanol–water partition coefficient (Wildman–Crippen LogP) is 2.43. The van der Waals surface area contributed by atoms with Crippen LogP contribution >= 0.6 is 23.1 Å².